The van der Waals surface area contributed by atoms with E-state index < -0.39 is 12.0 Å². The van der Waals surface area contributed by atoms with E-state index in [9.17, 15) is 13.2 Å². The highest BCUT2D eigenvalue weighted by molar-refractivity contribution is 5.26. The lowest BCUT2D eigenvalue weighted by Gasteiger charge is -2.25. The van der Waals surface area contributed by atoms with Crippen molar-refractivity contribution in [3.63, 3.8) is 0 Å². The van der Waals surface area contributed by atoms with Crippen LogP contribution in [-0.2, 0) is 12.7 Å². The molecule has 0 fully saturated rings. The predicted molar refractivity (Wildman–Crippen MR) is 61.3 cm³/mol. The quantitative estimate of drug-likeness (QED) is 0.860. The maximum atomic E-state index is 12.8. The smallest absolute Gasteiger partial charge is 0.304 e. The van der Waals surface area contributed by atoms with Gasteiger partial charge in [0.2, 0.25) is 5.82 Å². The van der Waals surface area contributed by atoms with Gasteiger partial charge < -0.3 is 9.88 Å². The average Bonchev–Trinajstić information content (AvgIpc) is 2.83. The molecule has 1 aliphatic rings. The number of benzene rings is 1. The van der Waals surface area contributed by atoms with Crippen LogP contribution in [0.2, 0.25) is 0 Å². The van der Waals surface area contributed by atoms with Gasteiger partial charge in [0.1, 0.15) is 0 Å². The molecule has 0 aliphatic carbocycles. The Kier molecular flexibility index (Phi) is 2.78. The van der Waals surface area contributed by atoms with Crippen LogP contribution in [0.5, 0.6) is 0 Å². The highest BCUT2D eigenvalue weighted by Gasteiger charge is 2.40. The van der Waals surface area contributed by atoms with Gasteiger partial charge in [0.05, 0.1) is 6.04 Å². The molecule has 0 saturated heterocycles. The molecule has 0 amide bonds. The molecule has 1 aromatic heterocycles. The average molecular weight is 268 g/mol. The molecule has 3 rings (SSSR count). The number of alkyl halides is 3. The molecule has 1 N–H and O–H groups in total. The van der Waals surface area contributed by atoms with Gasteiger partial charge in [-0.1, -0.05) is 30.3 Å². The van der Waals surface area contributed by atoms with Crippen molar-refractivity contribution >= 4 is 0 Å². The van der Waals surface area contributed by atoms with E-state index in [-0.39, 0.29) is 12.6 Å². The van der Waals surface area contributed by atoms with Gasteiger partial charge in [0.15, 0.2) is 5.82 Å². The monoisotopic (exact) mass is 268 g/mol. The normalized spacial score (nSPS) is 19.2. The van der Waals surface area contributed by atoms with Gasteiger partial charge >= 0.3 is 6.18 Å². The molecule has 7 heteroatoms. The van der Waals surface area contributed by atoms with Gasteiger partial charge in [-0.25, -0.2) is 0 Å². The first-order chi connectivity index (χ1) is 9.07. The van der Waals surface area contributed by atoms with Crippen molar-refractivity contribution in [2.24, 2.45) is 0 Å². The zero-order valence-electron chi connectivity index (χ0n) is 9.85. The SMILES string of the molecule is FC(F)(F)c1nnc2n1CCN[C@H]2c1ccccc1. The fourth-order valence-electron chi connectivity index (χ4n) is 2.28. The molecule has 0 bridgehead atoms. The van der Waals surface area contributed by atoms with Crippen LogP contribution in [0.15, 0.2) is 30.3 Å². The summed E-state index contributed by atoms with van der Waals surface area (Å²) in [5.74, 6) is -0.616. The minimum atomic E-state index is -4.47. The Balaban J connectivity index is 2.05. The summed E-state index contributed by atoms with van der Waals surface area (Å²) in [5, 5.41) is 10.2. The Labute approximate surface area is 107 Å². The number of rotatable bonds is 1. The number of hydrogen-bond acceptors (Lipinski definition) is 3. The lowest BCUT2D eigenvalue weighted by atomic mass is 10.1. The number of hydrogen-bond donors (Lipinski definition) is 1. The molecule has 2 aromatic rings. The summed E-state index contributed by atoms with van der Waals surface area (Å²) in [6.45, 7) is 0.675. The van der Waals surface area contributed by atoms with Gasteiger partial charge in [-0.15, -0.1) is 10.2 Å². The van der Waals surface area contributed by atoms with Crippen molar-refractivity contribution in [2.45, 2.75) is 18.8 Å². The van der Waals surface area contributed by atoms with Crippen LogP contribution in [-0.4, -0.2) is 21.3 Å². The van der Waals surface area contributed by atoms with E-state index in [1.54, 1.807) is 0 Å². The van der Waals surface area contributed by atoms with Crippen LogP contribution < -0.4 is 5.32 Å². The fraction of sp³-hybridized carbons (Fsp3) is 0.333. The summed E-state index contributed by atoms with van der Waals surface area (Å²) in [7, 11) is 0. The third-order valence-corrected chi connectivity index (χ3v) is 3.11. The molecular weight excluding hydrogens is 257 g/mol. The van der Waals surface area contributed by atoms with E-state index in [1.165, 1.54) is 0 Å². The molecule has 1 aliphatic heterocycles. The van der Waals surface area contributed by atoms with Crippen LogP contribution in [0.4, 0.5) is 13.2 Å². The molecule has 100 valence electrons. The first-order valence-electron chi connectivity index (χ1n) is 5.86. The second-order valence-corrected chi connectivity index (χ2v) is 4.33. The molecular formula is C12H11F3N4. The lowest BCUT2D eigenvalue weighted by Crippen LogP contribution is -2.35. The van der Waals surface area contributed by atoms with Crippen LogP contribution >= 0.6 is 0 Å². The number of aromatic nitrogens is 3. The largest absolute Gasteiger partial charge is 0.451 e. The molecule has 4 nitrogen and oxygen atoms in total. The zero-order chi connectivity index (χ0) is 13.5. The van der Waals surface area contributed by atoms with Crippen LogP contribution in [0, 0.1) is 0 Å². The Hall–Kier alpha value is -1.89. The Morgan fingerprint density at radius 1 is 1.16 bits per heavy atom. The first-order valence-corrected chi connectivity index (χ1v) is 5.86. The van der Waals surface area contributed by atoms with Crippen molar-refractivity contribution in [1.82, 2.24) is 20.1 Å². The molecule has 0 spiro atoms. The minimum Gasteiger partial charge on any atom is -0.304 e. The Bertz CT molecular complexity index is 576. The molecule has 1 aromatic carbocycles. The summed E-state index contributed by atoms with van der Waals surface area (Å²) >= 11 is 0. The van der Waals surface area contributed by atoms with E-state index in [0.717, 1.165) is 10.1 Å². The van der Waals surface area contributed by atoms with Gasteiger partial charge in [0.25, 0.3) is 0 Å². The summed E-state index contributed by atoms with van der Waals surface area (Å²) in [5.41, 5.74) is 0.879. The number of halogens is 3. The fourth-order valence-corrected chi connectivity index (χ4v) is 2.28. The number of fused-ring (bicyclic) bond motifs is 1. The highest BCUT2D eigenvalue weighted by Crippen LogP contribution is 2.31. The van der Waals surface area contributed by atoms with Crippen molar-refractivity contribution in [2.75, 3.05) is 6.54 Å². The Morgan fingerprint density at radius 3 is 2.58 bits per heavy atom. The van der Waals surface area contributed by atoms with Crippen LogP contribution in [0.1, 0.15) is 23.3 Å². The maximum absolute atomic E-state index is 12.8. The van der Waals surface area contributed by atoms with Crippen molar-refractivity contribution in [1.29, 1.82) is 0 Å². The summed E-state index contributed by atoms with van der Waals surface area (Å²) in [6.07, 6.45) is -4.47. The van der Waals surface area contributed by atoms with Gasteiger partial charge in [0, 0.05) is 13.1 Å². The maximum Gasteiger partial charge on any atom is 0.451 e. The van der Waals surface area contributed by atoms with E-state index in [1.807, 2.05) is 30.3 Å². The van der Waals surface area contributed by atoms with E-state index in [0.29, 0.717) is 12.4 Å². The van der Waals surface area contributed by atoms with Crippen LogP contribution in [0.3, 0.4) is 0 Å². The second-order valence-electron chi connectivity index (χ2n) is 4.33. The first kappa shape index (κ1) is 12.2. The third-order valence-electron chi connectivity index (χ3n) is 3.11. The highest BCUT2D eigenvalue weighted by atomic mass is 19.4. The summed E-state index contributed by atoms with van der Waals surface area (Å²) in [4.78, 5) is 0. The lowest BCUT2D eigenvalue weighted by molar-refractivity contribution is -0.147. The molecule has 0 unspecified atom stereocenters. The molecule has 0 radical (unpaired) electrons. The molecule has 0 saturated carbocycles. The summed E-state index contributed by atoms with van der Waals surface area (Å²) in [6, 6.07) is 8.91. The summed E-state index contributed by atoms with van der Waals surface area (Å²) < 4.78 is 39.5. The van der Waals surface area contributed by atoms with E-state index in [4.69, 9.17) is 0 Å². The molecule has 2 heterocycles. The van der Waals surface area contributed by atoms with E-state index >= 15 is 0 Å². The topological polar surface area (TPSA) is 42.7 Å². The van der Waals surface area contributed by atoms with Crippen LogP contribution in [0.25, 0.3) is 0 Å². The zero-order valence-corrected chi connectivity index (χ0v) is 9.85. The third kappa shape index (κ3) is 2.10. The predicted octanol–water partition coefficient (Wildman–Crippen LogP) is 1.99. The Morgan fingerprint density at radius 2 is 1.89 bits per heavy atom. The molecule has 1 atom stereocenters. The molecule has 19 heavy (non-hydrogen) atoms. The van der Waals surface area contributed by atoms with Gasteiger partial charge in [-0.05, 0) is 5.56 Å². The van der Waals surface area contributed by atoms with Crippen molar-refractivity contribution < 1.29 is 13.2 Å². The standard InChI is InChI=1S/C12H11F3N4/c13-12(14,15)11-18-17-10-9(16-6-7-19(10)11)8-4-2-1-3-5-8/h1-5,9,16H,6-7H2/t9-/m0/s1. The second kappa shape index (κ2) is 4.34. The number of nitrogens with one attached hydrogen (secondary N) is 1. The van der Waals surface area contributed by atoms with E-state index in [2.05, 4.69) is 15.5 Å². The van der Waals surface area contributed by atoms with Crippen molar-refractivity contribution in [3.8, 4) is 0 Å². The van der Waals surface area contributed by atoms with Crippen molar-refractivity contribution in [3.05, 3.63) is 47.5 Å². The minimum absolute atomic E-state index is 0.223. The van der Waals surface area contributed by atoms with Gasteiger partial charge in [-0.2, -0.15) is 13.2 Å². The van der Waals surface area contributed by atoms with Gasteiger partial charge in [-0.3, -0.25) is 0 Å². The number of nitrogens with zero attached hydrogens (tertiary/aromatic N) is 3.